The van der Waals surface area contributed by atoms with E-state index in [1.165, 1.54) is 0 Å². The van der Waals surface area contributed by atoms with Gasteiger partial charge in [-0.2, -0.15) is 0 Å². The second kappa shape index (κ2) is 9.94. The number of hydrogen-bond donors (Lipinski definition) is 1. The summed E-state index contributed by atoms with van der Waals surface area (Å²) in [4.78, 5) is 40.7. The number of rotatable bonds is 6. The summed E-state index contributed by atoms with van der Waals surface area (Å²) in [5, 5.41) is 3.27. The van der Waals surface area contributed by atoms with Crippen LogP contribution < -0.4 is 5.32 Å². The summed E-state index contributed by atoms with van der Waals surface area (Å²) in [6.07, 6.45) is 1.26. The number of carbonyl (C=O) groups is 3. The number of nitrogens with one attached hydrogen (secondary N) is 1. The molecule has 0 radical (unpaired) electrons. The molecule has 1 N–H and O–H groups in total. The number of cyclic esters (lactones) is 1. The van der Waals surface area contributed by atoms with Gasteiger partial charge in [0.25, 0.3) is 5.91 Å². The highest BCUT2D eigenvalue weighted by atomic mass is 32.2. The van der Waals surface area contributed by atoms with Crippen molar-refractivity contribution in [1.82, 2.24) is 9.80 Å². The normalized spacial score (nSPS) is 19.3. The van der Waals surface area contributed by atoms with Crippen molar-refractivity contribution >= 4 is 35.4 Å². The second-order valence-electron chi connectivity index (χ2n) is 9.36. The highest BCUT2D eigenvalue weighted by Crippen LogP contribution is 2.28. The van der Waals surface area contributed by atoms with E-state index in [4.69, 9.17) is 4.74 Å². The molecule has 8 heteroatoms. The Bertz CT molecular complexity index is 802. The number of amides is 3. The fraction of sp³-hybridized carbons (Fsp3) is 0.609. The SMILES string of the molecule is CC(C)SCC(=O)Nc1ccc(C(=O)N2CCC(N3CC(C)(C)COC3=O)CC2)cc1. The Hall–Kier alpha value is -2.22. The summed E-state index contributed by atoms with van der Waals surface area (Å²) in [5.74, 6) is 0.349. The molecule has 0 bridgehead atoms. The molecule has 2 aliphatic rings. The van der Waals surface area contributed by atoms with Crippen molar-refractivity contribution in [2.75, 3.05) is 37.3 Å². The first-order valence-electron chi connectivity index (χ1n) is 10.9. The van der Waals surface area contributed by atoms with Gasteiger partial charge in [-0.15, -0.1) is 11.8 Å². The molecule has 0 atom stereocenters. The van der Waals surface area contributed by atoms with E-state index in [0.29, 0.717) is 48.5 Å². The predicted molar refractivity (Wildman–Crippen MR) is 123 cm³/mol. The van der Waals surface area contributed by atoms with Crippen LogP contribution in [0.25, 0.3) is 0 Å². The molecule has 3 amide bonds. The number of thioether (sulfide) groups is 1. The van der Waals surface area contributed by atoms with E-state index >= 15 is 0 Å². The van der Waals surface area contributed by atoms with E-state index in [2.05, 4.69) is 33.0 Å². The Morgan fingerprint density at radius 1 is 1.19 bits per heavy atom. The summed E-state index contributed by atoms with van der Waals surface area (Å²) < 4.78 is 5.34. The average Bonchev–Trinajstić information content (AvgIpc) is 2.74. The van der Waals surface area contributed by atoms with Crippen molar-refractivity contribution in [1.29, 1.82) is 0 Å². The van der Waals surface area contributed by atoms with Crippen LogP contribution in [-0.4, -0.2) is 71.0 Å². The van der Waals surface area contributed by atoms with Gasteiger partial charge in [0.15, 0.2) is 0 Å². The van der Waals surface area contributed by atoms with Crippen molar-refractivity contribution in [3.63, 3.8) is 0 Å². The number of anilines is 1. The minimum Gasteiger partial charge on any atom is -0.449 e. The zero-order chi connectivity index (χ0) is 22.6. The molecule has 1 aromatic carbocycles. The monoisotopic (exact) mass is 447 g/mol. The first-order valence-corrected chi connectivity index (χ1v) is 11.9. The third kappa shape index (κ3) is 6.38. The average molecular weight is 448 g/mol. The van der Waals surface area contributed by atoms with E-state index in [1.54, 1.807) is 36.0 Å². The summed E-state index contributed by atoms with van der Waals surface area (Å²) in [5.41, 5.74) is 1.24. The summed E-state index contributed by atoms with van der Waals surface area (Å²) in [6, 6.07) is 7.15. The summed E-state index contributed by atoms with van der Waals surface area (Å²) >= 11 is 1.59. The number of benzene rings is 1. The molecule has 31 heavy (non-hydrogen) atoms. The van der Waals surface area contributed by atoms with E-state index < -0.39 is 0 Å². The van der Waals surface area contributed by atoms with Gasteiger partial charge in [-0.05, 0) is 42.4 Å². The Morgan fingerprint density at radius 3 is 2.45 bits per heavy atom. The molecule has 7 nitrogen and oxygen atoms in total. The number of likely N-dealkylation sites (tertiary alicyclic amines) is 1. The number of piperidine rings is 1. The molecular weight excluding hydrogens is 414 g/mol. The van der Waals surface area contributed by atoms with E-state index in [9.17, 15) is 14.4 Å². The van der Waals surface area contributed by atoms with Gasteiger partial charge in [-0.25, -0.2) is 4.79 Å². The number of nitrogens with zero attached hydrogens (tertiary/aromatic N) is 2. The van der Waals surface area contributed by atoms with Crippen molar-refractivity contribution in [2.24, 2.45) is 5.41 Å². The molecule has 1 aromatic rings. The Kier molecular flexibility index (Phi) is 7.51. The van der Waals surface area contributed by atoms with Gasteiger partial charge in [0.2, 0.25) is 5.91 Å². The fourth-order valence-electron chi connectivity index (χ4n) is 3.89. The summed E-state index contributed by atoms with van der Waals surface area (Å²) in [6.45, 7) is 10.7. The molecule has 2 heterocycles. The van der Waals surface area contributed by atoms with Gasteiger partial charge >= 0.3 is 6.09 Å². The highest BCUT2D eigenvalue weighted by molar-refractivity contribution is 8.00. The molecule has 0 unspecified atom stereocenters. The minimum atomic E-state index is -0.242. The number of carbonyl (C=O) groups excluding carboxylic acids is 3. The summed E-state index contributed by atoms with van der Waals surface area (Å²) in [7, 11) is 0. The molecular formula is C23H33N3O4S. The molecule has 0 spiro atoms. The lowest BCUT2D eigenvalue weighted by atomic mass is 9.91. The lowest BCUT2D eigenvalue weighted by Gasteiger charge is -2.44. The molecule has 2 aliphatic heterocycles. The molecule has 2 fully saturated rings. The lowest BCUT2D eigenvalue weighted by Crippen LogP contribution is -2.55. The van der Waals surface area contributed by atoms with Gasteiger partial charge in [0.1, 0.15) is 0 Å². The van der Waals surface area contributed by atoms with Crippen molar-refractivity contribution in [2.45, 2.75) is 51.8 Å². The van der Waals surface area contributed by atoms with Crippen LogP contribution in [0.5, 0.6) is 0 Å². The van der Waals surface area contributed by atoms with Crippen LogP contribution in [0.4, 0.5) is 10.5 Å². The Balaban J connectivity index is 1.51. The molecule has 0 saturated carbocycles. The van der Waals surface area contributed by atoms with Crippen molar-refractivity contribution < 1.29 is 19.1 Å². The quantitative estimate of drug-likeness (QED) is 0.717. The van der Waals surface area contributed by atoms with Gasteiger partial charge in [-0.1, -0.05) is 27.7 Å². The first kappa shape index (κ1) is 23.4. The van der Waals surface area contributed by atoms with Crippen LogP contribution in [0.1, 0.15) is 50.9 Å². The molecule has 170 valence electrons. The van der Waals surface area contributed by atoms with Crippen LogP contribution in [0.3, 0.4) is 0 Å². The van der Waals surface area contributed by atoms with Crippen LogP contribution >= 0.6 is 11.8 Å². The maximum absolute atomic E-state index is 12.9. The molecule has 3 rings (SSSR count). The third-order valence-corrected chi connectivity index (χ3v) is 6.67. The maximum Gasteiger partial charge on any atom is 0.410 e. The minimum absolute atomic E-state index is 0.0201. The van der Waals surface area contributed by atoms with E-state index in [0.717, 1.165) is 12.8 Å². The highest BCUT2D eigenvalue weighted by Gasteiger charge is 2.38. The number of ether oxygens (including phenoxy) is 1. The zero-order valence-corrected chi connectivity index (χ0v) is 19.7. The third-order valence-electron chi connectivity index (χ3n) is 5.58. The van der Waals surface area contributed by atoms with E-state index in [-0.39, 0.29) is 29.4 Å². The second-order valence-corrected chi connectivity index (χ2v) is 10.9. The fourth-order valence-corrected chi connectivity index (χ4v) is 4.45. The molecule has 0 aromatic heterocycles. The molecule has 0 aliphatic carbocycles. The predicted octanol–water partition coefficient (Wildman–Crippen LogP) is 3.85. The standard InChI is InChI=1S/C23H33N3O4S/c1-16(2)31-13-20(27)24-18-7-5-17(6-8-18)21(28)25-11-9-19(10-12-25)26-14-23(3,4)15-30-22(26)29/h5-8,16,19H,9-15H2,1-4H3,(H,24,27). The van der Waals surface area contributed by atoms with Crippen LogP contribution in [0, 0.1) is 5.41 Å². The smallest absolute Gasteiger partial charge is 0.410 e. The maximum atomic E-state index is 12.9. The van der Waals surface area contributed by atoms with E-state index in [1.807, 2.05) is 9.80 Å². The van der Waals surface area contributed by atoms with Crippen molar-refractivity contribution in [3.8, 4) is 0 Å². The lowest BCUT2D eigenvalue weighted by molar-refractivity contribution is -0.113. The van der Waals surface area contributed by atoms with Gasteiger partial charge < -0.3 is 19.9 Å². The van der Waals surface area contributed by atoms with Crippen LogP contribution in [-0.2, 0) is 9.53 Å². The molecule has 2 saturated heterocycles. The Labute approximate surface area is 188 Å². The van der Waals surface area contributed by atoms with Gasteiger partial charge in [0.05, 0.1) is 12.4 Å². The Morgan fingerprint density at radius 2 is 1.84 bits per heavy atom. The van der Waals surface area contributed by atoms with Gasteiger partial charge in [0, 0.05) is 42.3 Å². The number of hydrogen-bond acceptors (Lipinski definition) is 5. The van der Waals surface area contributed by atoms with Crippen LogP contribution in [0.15, 0.2) is 24.3 Å². The zero-order valence-electron chi connectivity index (χ0n) is 18.8. The van der Waals surface area contributed by atoms with Crippen LogP contribution in [0.2, 0.25) is 0 Å². The van der Waals surface area contributed by atoms with Gasteiger partial charge in [-0.3, -0.25) is 9.59 Å². The first-order chi connectivity index (χ1) is 14.6. The topological polar surface area (TPSA) is 79.0 Å². The van der Waals surface area contributed by atoms with Crippen molar-refractivity contribution in [3.05, 3.63) is 29.8 Å². The largest absolute Gasteiger partial charge is 0.449 e.